The highest BCUT2D eigenvalue weighted by Crippen LogP contribution is 1.93. The summed E-state index contributed by atoms with van der Waals surface area (Å²) in [5, 5.41) is 0. The van der Waals surface area contributed by atoms with Crippen molar-refractivity contribution in [2.75, 3.05) is 26.4 Å². The lowest BCUT2D eigenvalue weighted by atomic mass is 10.2. The maximum Gasteiger partial charge on any atom is 0.0489 e. The van der Waals surface area contributed by atoms with Crippen molar-refractivity contribution < 1.29 is 9.47 Å². The summed E-state index contributed by atoms with van der Waals surface area (Å²) in [6.07, 6.45) is 1.01. The molecule has 68 valence electrons. The van der Waals surface area contributed by atoms with E-state index in [0.717, 1.165) is 32.8 Å². The first-order chi connectivity index (χ1) is 5.27. The number of hydrogen-bond donors (Lipinski definition) is 0. The van der Waals surface area contributed by atoms with Gasteiger partial charge in [0.1, 0.15) is 0 Å². The van der Waals surface area contributed by atoms with Crippen LogP contribution in [0.2, 0.25) is 0 Å². The van der Waals surface area contributed by atoms with E-state index in [-0.39, 0.29) is 0 Å². The van der Waals surface area contributed by atoms with Crippen molar-refractivity contribution in [3.05, 3.63) is 0 Å². The van der Waals surface area contributed by atoms with Gasteiger partial charge in [-0.3, -0.25) is 0 Å². The fraction of sp³-hybridized carbons (Fsp3) is 1.00. The first-order valence-corrected chi connectivity index (χ1v) is 4.42. The van der Waals surface area contributed by atoms with Crippen molar-refractivity contribution >= 4 is 0 Å². The summed E-state index contributed by atoms with van der Waals surface area (Å²) in [5.74, 6) is 0.641. The fourth-order valence-electron chi connectivity index (χ4n) is 0.726. The van der Waals surface area contributed by atoms with E-state index in [4.69, 9.17) is 9.47 Å². The van der Waals surface area contributed by atoms with E-state index in [9.17, 15) is 0 Å². The smallest absolute Gasteiger partial charge is 0.0489 e. The van der Waals surface area contributed by atoms with Crippen molar-refractivity contribution in [3.63, 3.8) is 0 Å². The van der Waals surface area contributed by atoms with Gasteiger partial charge in [0.25, 0.3) is 0 Å². The van der Waals surface area contributed by atoms with Crippen molar-refractivity contribution in [2.45, 2.75) is 27.2 Å². The zero-order valence-electron chi connectivity index (χ0n) is 7.93. The van der Waals surface area contributed by atoms with Gasteiger partial charge in [-0.25, -0.2) is 0 Å². The summed E-state index contributed by atoms with van der Waals surface area (Å²) in [6.45, 7) is 9.66. The van der Waals surface area contributed by atoms with Gasteiger partial charge in [0.15, 0.2) is 0 Å². The van der Waals surface area contributed by atoms with Crippen LogP contribution >= 0.6 is 0 Å². The number of hydrogen-bond acceptors (Lipinski definition) is 2. The summed E-state index contributed by atoms with van der Waals surface area (Å²) in [6, 6.07) is 0. The Hall–Kier alpha value is -0.0800. The molecule has 0 aliphatic heterocycles. The molecule has 0 spiro atoms. The lowest BCUT2D eigenvalue weighted by Gasteiger charge is -2.06. The average Bonchev–Trinajstić information content (AvgIpc) is 1.96. The minimum absolute atomic E-state index is 0.641. The van der Waals surface area contributed by atoms with Gasteiger partial charge in [0.05, 0.1) is 0 Å². The Bertz CT molecular complexity index is 72.0. The Morgan fingerprint density at radius 1 is 1.09 bits per heavy atom. The molecule has 0 saturated heterocycles. The molecule has 0 N–H and O–H groups in total. The summed E-state index contributed by atoms with van der Waals surface area (Å²) in [5.41, 5.74) is 0. The molecule has 0 heterocycles. The molecule has 0 rings (SSSR count). The largest absolute Gasteiger partial charge is 0.382 e. The van der Waals surface area contributed by atoms with Gasteiger partial charge in [-0.2, -0.15) is 0 Å². The van der Waals surface area contributed by atoms with Crippen LogP contribution in [0.25, 0.3) is 0 Å². The normalized spacial score (nSPS) is 10.9. The zero-order valence-corrected chi connectivity index (χ0v) is 7.93. The van der Waals surface area contributed by atoms with E-state index >= 15 is 0 Å². The van der Waals surface area contributed by atoms with Crippen molar-refractivity contribution in [1.29, 1.82) is 0 Å². The molecule has 0 radical (unpaired) electrons. The fourth-order valence-corrected chi connectivity index (χ4v) is 0.726. The molecule has 0 aromatic rings. The molecule has 0 fully saturated rings. The van der Waals surface area contributed by atoms with Gasteiger partial charge in [-0.1, -0.05) is 13.8 Å². The quantitative estimate of drug-likeness (QED) is 0.531. The first kappa shape index (κ1) is 10.9. The summed E-state index contributed by atoms with van der Waals surface area (Å²) in [7, 11) is 0. The van der Waals surface area contributed by atoms with Crippen molar-refractivity contribution in [2.24, 2.45) is 5.92 Å². The Kier molecular flexibility index (Phi) is 7.96. The molecule has 2 heteroatoms. The molecule has 0 amide bonds. The van der Waals surface area contributed by atoms with Crippen LogP contribution in [0, 0.1) is 5.92 Å². The predicted octanol–water partition coefficient (Wildman–Crippen LogP) is 2.09. The topological polar surface area (TPSA) is 18.5 Å². The molecular weight excluding hydrogens is 140 g/mol. The first-order valence-electron chi connectivity index (χ1n) is 4.42. The van der Waals surface area contributed by atoms with E-state index in [0.29, 0.717) is 5.92 Å². The lowest BCUT2D eigenvalue weighted by molar-refractivity contribution is 0.0754. The maximum absolute atomic E-state index is 5.36. The minimum atomic E-state index is 0.641. The monoisotopic (exact) mass is 160 g/mol. The molecule has 0 atom stereocenters. The third-order valence-electron chi connectivity index (χ3n) is 1.23. The van der Waals surface area contributed by atoms with Crippen LogP contribution < -0.4 is 0 Å². The second-order valence-corrected chi connectivity index (χ2v) is 3.02. The number of ether oxygens (including phenoxy) is 2. The molecule has 0 aromatic heterocycles. The highest BCUT2D eigenvalue weighted by molar-refractivity contribution is 4.40. The van der Waals surface area contributed by atoms with Gasteiger partial charge >= 0.3 is 0 Å². The van der Waals surface area contributed by atoms with Crippen LogP contribution in [0.1, 0.15) is 27.2 Å². The van der Waals surface area contributed by atoms with Gasteiger partial charge in [-0.05, 0) is 19.3 Å². The molecule has 0 unspecified atom stereocenters. The Morgan fingerprint density at radius 3 is 2.27 bits per heavy atom. The van der Waals surface area contributed by atoms with Crippen molar-refractivity contribution in [1.82, 2.24) is 0 Å². The minimum Gasteiger partial charge on any atom is -0.382 e. The van der Waals surface area contributed by atoms with Crippen LogP contribution in [-0.2, 0) is 9.47 Å². The Balaban J connectivity index is 2.80. The van der Waals surface area contributed by atoms with E-state index in [1.165, 1.54) is 0 Å². The van der Waals surface area contributed by atoms with E-state index in [1.54, 1.807) is 0 Å². The maximum atomic E-state index is 5.36. The molecule has 0 aliphatic rings. The standard InChI is InChI=1S/C9H20O2/c1-4-10-6-5-7-11-8-9(2)3/h9H,4-8H2,1-3H3. The second kappa shape index (κ2) is 8.02. The zero-order chi connectivity index (χ0) is 8.53. The molecule has 0 aliphatic carbocycles. The second-order valence-electron chi connectivity index (χ2n) is 3.02. The summed E-state index contributed by atoms with van der Waals surface area (Å²) in [4.78, 5) is 0. The Labute approximate surface area is 69.9 Å². The molecule has 2 nitrogen and oxygen atoms in total. The highest BCUT2D eigenvalue weighted by atomic mass is 16.5. The lowest BCUT2D eigenvalue weighted by Crippen LogP contribution is -2.05. The van der Waals surface area contributed by atoms with E-state index in [2.05, 4.69) is 13.8 Å². The molecule has 11 heavy (non-hydrogen) atoms. The van der Waals surface area contributed by atoms with E-state index in [1.807, 2.05) is 6.92 Å². The van der Waals surface area contributed by atoms with Crippen molar-refractivity contribution in [3.8, 4) is 0 Å². The molecule has 0 aromatic carbocycles. The predicted molar refractivity (Wildman–Crippen MR) is 46.8 cm³/mol. The third-order valence-corrected chi connectivity index (χ3v) is 1.23. The van der Waals surface area contributed by atoms with E-state index < -0.39 is 0 Å². The number of rotatable bonds is 7. The summed E-state index contributed by atoms with van der Waals surface area (Å²) < 4.78 is 10.5. The van der Waals surface area contributed by atoms with Crippen LogP contribution in [0.15, 0.2) is 0 Å². The van der Waals surface area contributed by atoms with Crippen LogP contribution in [0.5, 0.6) is 0 Å². The van der Waals surface area contributed by atoms with Gasteiger partial charge in [-0.15, -0.1) is 0 Å². The SMILES string of the molecule is CCOCCCOCC(C)C. The molecule has 0 bridgehead atoms. The Morgan fingerprint density at radius 2 is 1.73 bits per heavy atom. The highest BCUT2D eigenvalue weighted by Gasteiger charge is 1.92. The van der Waals surface area contributed by atoms with Gasteiger partial charge < -0.3 is 9.47 Å². The molecular formula is C9H20O2. The van der Waals surface area contributed by atoms with Crippen LogP contribution in [0.3, 0.4) is 0 Å². The van der Waals surface area contributed by atoms with Crippen LogP contribution in [0.4, 0.5) is 0 Å². The van der Waals surface area contributed by atoms with Crippen LogP contribution in [-0.4, -0.2) is 26.4 Å². The van der Waals surface area contributed by atoms with Gasteiger partial charge in [0, 0.05) is 26.4 Å². The average molecular weight is 160 g/mol. The van der Waals surface area contributed by atoms with Gasteiger partial charge in [0.2, 0.25) is 0 Å². The summed E-state index contributed by atoms with van der Waals surface area (Å²) >= 11 is 0. The molecule has 0 saturated carbocycles. The third kappa shape index (κ3) is 9.92.